The Labute approximate surface area is 266 Å². The Hall–Kier alpha value is -4.29. The first-order valence-electron chi connectivity index (χ1n) is 14.9. The molecule has 240 valence electrons. The standard InChI is InChI=1S/C32H38ClN5O7/c1-20(19-43-2)38-30(40)25(24-6-5-7-27(45-4)29(24)33)17-36(32(38)42)18-28(39)35-13-11-22(12-14-35)37-15-10-21-16-23(44-3)8-9-26(21)34-31(37)41/h5-9,16-17,20,22H,10-15,18-19H2,1-4H3,(H,34,41)/t20-/m1/s1. The Morgan fingerprint density at radius 1 is 1.02 bits per heavy atom. The largest absolute Gasteiger partial charge is 0.497 e. The van der Waals surface area contributed by atoms with Crippen LogP contribution in [0.15, 0.2) is 52.2 Å². The fraction of sp³-hybridized carbons (Fsp3) is 0.438. The molecule has 0 radical (unpaired) electrons. The second-order valence-corrected chi connectivity index (χ2v) is 11.6. The van der Waals surface area contributed by atoms with Gasteiger partial charge in [-0.1, -0.05) is 23.7 Å². The van der Waals surface area contributed by atoms with Crippen LogP contribution in [0.3, 0.4) is 0 Å². The van der Waals surface area contributed by atoms with E-state index in [1.165, 1.54) is 25.0 Å². The van der Waals surface area contributed by atoms with E-state index in [1.807, 2.05) is 23.1 Å². The number of benzene rings is 2. The lowest BCUT2D eigenvalue weighted by atomic mass is 10.0. The predicted octanol–water partition coefficient (Wildman–Crippen LogP) is 3.64. The summed E-state index contributed by atoms with van der Waals surface area (Å²) in [5, 5.41) is 3.23. The van der Waals surface area contributed by atoms with Gasteiger partial charge in [0.25, 0.3) is 5.56 Å². The number of amides is 3. The van der Waals surface area contributed by atoms with E-state index in [9.17, 15) is 19.2 Å². The number of urea groups is 1. The minimum Gasteiger partial charge on any atom is -0.497 e. The molecule has 0 spiro atoms. The minimum atomic E-state index is -0.618. The van der Waals surface area contributed by atoms with E-state index in [4.69, 9.17) is 25.8 Å². The van der Waals surface area contributed by atoms with E-state index in [0.717, 1.165) is 21.6 Å². The number of hydrogen-bond acceptors (Lipinski definition) is 7. The number of carbonyl (C=O) groups is 2. The number of nitrogens with one attached hydrogen (secondary N) is 1. The highest BCUT2D eigenvalue weighted by Gasteiger charge is 2.32. The molecular formula is C32H38ClN5O7. The molecule has 0 aliphatic carbocycles. The van der Waals surface area contributed by atoms with Crippen molar-refractivity contribution in [1.82, 2.24) is 18.9 Å². The second-order valence-electron chi connectivity index (χ2n) is 11.3. The normalized spacial score (nSPS) is 16.1. The van der Waals surface area contributed by atoms with E-state index >= 15 is 0 Å². The van der Waals surface area contributed by atoms with E-state index in [1.54, 1.807) is 37.1 Å². The molecule has 0 saturated carbocycles. The van der Waals surface area contributed by atoms with Gasteiger partial charge in [-0.3, -0.25) is 18.7 Å². The molecule has 1 aromatic heterocycles. The zero-order valence-electron chi connectivity index (χ0n) is 25.9. The summed E-state index contributed by atoms with van der Waals surface area (Å²) >= 11 is 6.57. The van der Waals surface area contributed by atoms with Crippen LogP contribution in [-0.2, 0) is 22.5 Å². The zero-order valence-corrected chi connectivity index (χ0v) is 26.6. The molecule has 2 aliphatic rings. The minimum absolute atomic E-state index is 0.0356. The van der Waals surface area contributed by atoms with Gasteiger partial charge in [0, 0.05) is 50.2 Å². The number of rotatable bonds is 9. The number of piperidine rings is 1. The highest BCUT2D eigenvalue weighted by Crippen LogP contribution is 2.34. The van der Waals surface area contributed by atoms with Crippen LogP contribution in [-0.4, -0.2) is 84.5 Å². The molecule has 45 heavy (non-hydrogen) atoms. The molecule has 12 nitrogen and oxygen atoms in total. The lowest BCUT2D eigenvalue weighted by Gasteiger charge is -2.38. The first-order valence-corrected chi connectivity index (χ1v) is 15.2. The van der Waals surface area contributed by atoms with Gasteiger partial charge in [0.1, 0.15) is 18.0 Å². The van der Waals surface area contributed by atoms with Gasteiger partial charge in [0.05, 0.1) is 37.5 Å². The summed E-state index contributed by atoms with van der Waals surface area (Å²) in [6.45, 7) is 2.97. The smallest absolute Gasteiger partial charge is 0.331 e. The van der Waals surface area contributed by atoms with E-state index in [0.29, 0.717) is 50.2 Å². The average molecular weight is 640 g/mol. The molecule has 1 saturated heterocycles. The Morgan fingerprint density at radius 2 is 1.78 bits per heavy atom. The van der Waals surface area contributed by atoms with Crippen molar-refractivity contribution in [1.29, 1.82) is 0 Å². The van der Waals surface area contributed by atoms with Crippen molar-refractivity contribution in [2.45, 2.75) is 44.8 Å². The second kappa shape index (κ2) is 13.8. The Balaban J connectivity index is 1.33. The van der Waals surface area contributed by atoms with Crippen LogP contribution in [0.2, 0.25) is 5.02 Å². The van der Waals surface area contributed by atoms with Crippen molar-refractivity contribution >= 4 is 29.2 Å². The lowest BCUT2D eigenvalue weighted by molar-refractivity contribution is -0.133. The molecule has 2 aliphatic heterocycles. The fourth-order valence-electron chi connectivity index (χ4n) is 6.08. The van der Waals surface area contributed by atoms with Gasteiger partial charge in [0.2, 0.25) is 5.91 Å². The SMILES string of the molecule is COC[C@@H](C)n1c(=O)c(-c2cccc(OC)c2Cl)cn(CC(=O)N2CCC(N3CCc4cc(OC)ccc4NC3=O)CC2)c1=O. The molecule has 1 atom stereocenters. The molecule has 0 bridgehead atoms. The zero-order chi connectivity index (χ0) is 32.2. The van der Waals surface area contributed by atoms with Gasteiger partial charge >= 0.3 is 11.7 Å². The summed E-state index contributed by atoms with van der Waals surface area (Å²) in [6.07, 6.45) is 3.27. The summed E-state index contributed by atoms with van der Waals surface area (Å²) in [4.78, 5) is 57.3. The van der Waals surface area contributed by atoms with Gasteiger partial charge in [-0.25, -0.2) is 9.59 Å². The first kappa shape index (κ1) is 32.1. The quantitative estimate of drug-likeness (QED) is 0.379. The number of nitrogens with zero attached hydrogens (tertiary/aromatic N) is 4. The van der Waals surface area contributed by atoms with Crippen LogP contribution >= 0.6 is 11.6 Å². The van der Waals surface area contributed by atoms with Gasteiger partial charge in [-0.15, -0.1) is 0 Å². The summed E-state index contributed by atoms with van der Waals surface area (Å²) < 4.78 is 18.2. The lowest BCUT2D eigenvalue weighted by Crippen LogP contribution is -2.51. The molecule has 0 unspecified atom stereocenters. The number of fused-ring (bicyclic) bond motifs is 1. The first-order chi connectivity index (χ1) is 21.7. The topological polar surface area (TPSA) is 124 Å². The third-order valence-electron chi connectivity index (χ3n) is 8.51. The summed E-state index contributed by atoms with van der Waals surface area (Å²) in [5.74, 6) is 0.857. The molecule has 13 heteroatoms. The molecular weight excluding hydrogens is 602 g/mol. The highest BCUT2D eigenvalue weighted by molar-refractivity contribution is 6.34. The van der Waals surface area contributed by atoms with Gasteiger partial charge in [-0.05, 0) is 56.0 Å². The molecule has 1 N–H and O–H groups in total. The average Bonchev–Trinajstić information content (AvgIpc) is 3.20. The van der Waals surface area contributed by atoms with Crippen LogP contribution in [0.1, 0.15) is 31.4 Å². The number of ether oxygens (including phenoxy) is 3. The maximum atomic E-state index is 13.6. The van der Waals surface area contributed by atoms with E-state index in [2.05, 4.69) is 5.32 Å². The maximum Gasteiger partial charge on any atom is 0.331 e. The van der Waals surface area contributed by atoms with E-state index in [-0.39, 0.29) is 41.7 Å². The number of aromatic nitrogens is 2. The molecule has 3 heterocycles. The Morgan fingerprint density at radius 3 is 2.47 bits per heavy atom. The maximum absolute atomic E-state index is 13.6. The molecule has 1 fully saturated rings. The Bertz CT molecular complexity index is 1700. The van der Waals surface area contributed by atoms with Crippen LogP contribution in [0.5, 0.6) is 11.5 Å². The number of hydrogen-bond donors (Lipinski definition) is 1. The predicted molar refractivity (Wildman–Crippen MR) is 171 cm³/mol. The Kier molecular flexibility index (Phi) is 9.83. The number of carbonyl (C=O) groups excluding carboxylic acids is 2. The molecule has 3 amide bonds. The third-order valence-corrected chi connectivity index (χ3v) is 8.90. The van der Waals surface area contributed by atoms with Crippen LogP contribution in [0.4, 0.5) is 10.5 Å². The fourth-order valence-corrected chi connectivity index (χ4v) is 6.38. The third kappa shape index (κ3) is 6.57. The summed E-state index contributed by atoms with van der Waals surface area (Å²) in [6, 6.07) is 9.87. The van der Waals surface area contributed by atoms with Crippen molar-refractivity contribution < 1.29 is 23.8 Å². The van der Waals surface area contributed by atoms with Crippen molar-refractivity contribution in [3.63, 3.8) is 0 Å². The number of likely N-dealkylation sites (tertiary alicyclic amines) is 1. The van der Waals surface area contributed by atoms with Crippen molar-refractivity contribution in [3.05, 3.63) is 74.0 Å². The van der Waals surface area contributed by atoms with Gasteiger partial charge < -0.3 is 29.3 Å². The van der Waals surface area contributed by atoms with Gasteiger partial charge in [-0.2, -0.15) is 0 Å². The summed E-state index contributed by atoms with van der Waals surface area (Å²) in [5.41, 5.74) is 1.18. The van der Waals surface area contributed by atoms with Crippen LogP contribution < -0.4 is 26.0 Å². The van der Waals surface area contributed by atoms with Gasteiger partial charge in [0.15, 0.2) is 0 Å². The number of anilines is 1. The molecule has 3 aromatic rings. The van der Waals surface area contributed by atoms with E-state index < -0.39 is 17.3 Å². The summed E-state index contributed by atoms with van der Waals surface area (Å²) in [7, 11) is 4.58. The van der Waals surface area contributed by atoms with Crippen LogP contribution in [0.25, 0.3) is 11.1 Å². The van der Waals surface area contributed by atoms with Crippen molar-refractivity contribution in [2.75, 3.05) is 52.9 Å². The van der Waals surface area contributed by atoms with Crippen LogP contribution in [0, 0.1) is 0 Å². The highest BCUT2D eigenvalue weighted by atomic mass is 35.5. The molecule has 5 rings (SSSR count). The van der Waals surface area contributed by atoms with Crippen molar-refractivity contribution in [3.8, 4) is 22.6 Å². The molecule has 2 aromatic carbocycles. The van der Waals surface area contributed by atoms with Crippen molar-refractivity contribution in [2.24, 2.45) is 0 Å². The number of halogens is 1. The monoisotopic (exact) mass is 639 g/mol. The number of methoxy groups -OCH3 is 3.